The van der Waals surface area contributed by atoms with E-state index in [0.29, 0.717) is 11.1 Å². The van der Waals surface area contributed by atoms with Crippen LogP contribution in [0.1, 0.15) is 40.9 Å². The van der Waals surface area contributed by atoms with Crippen LogP contribution in [0.2, 0.25) is 0 Å². The summed E-state index contributed by atoms with van der Waals surface area (Å²) in [5.74, 6) is -0.0115. The van der Waals surface area contributed by atoms with Gasteiger partial charge in [0.15, 0.2) is 0 Å². The van der Waals surface area contributed by atoms with E-state index in [-0.39, 0.29) is 17.9 Å². The van der Waals surface area contributed by atoms with Crippen molar-refractivity contribution in [1.82, 2.24) is 0 Å². The molecule has 0 aliphatic rings. The van der Waals surface area contributed by atoms with Gasteiger partial charge in [0.25, 0.3) is 0 Å². The lowest BCUT2D eigenvalue weighted by atomic mass is 9.96. The molecule has 4 N–H and O–H groups in total. The molecule has 0 aliphatic carbocycles. The van der Waals surface area contributed by atoms with Gasteiger partial charge in [-0.1, -0.05) is 23.3 Å². The van der Waals surface area contributed by atoms with Crippen molar-refractivity contribution in [2.75, 3.05) is 0 Å². The number of aliphatic hydroxyl groups is 2. The molecule has 0 saturated heterocycles. The summed E-state index contributed by atoms with van der Waals surface area (Å²) in [6, 6.07) is 9.89. The van der Waals surface area contributed by atoms with Crippen LogP contribution in [-0.4, -0.2) is 20.4 Å². The normalized spacial score (nSPS) is 13.9. The van der Waals surface area contributed by atoms with Gasteiger partial charge in [0.1, 0.15) is 11.5 Å². The summed E-state index contributed by atoms with van der Waals surface area (Å²) in [4.78, 5) is 0. The maximum atomic E-state index is 10.2. The van der Waals surface area contributed by atoms with Crippen LogP contribution in [0.15, 0.2) is 36.4 Å². The molecule has 2 aromatic rings. The zero-order valence-electron chi connectivity index (χ0n) is 12.1. The van der Waals surface area contributed by atoms with Gasteiger partial charge in [-0.05, 0) is 38.1 Å². The maximum absolute atomic E-state index is 10.2. The topological polar surface area (TPSA) is 80.9 Å². The predicted molar refractivity (Wildman–Crippen MR) is 80.2 cm³/mol. The summed E-state index contributed by atoms with van der Waals surface area (Å²) in [6.07, 6.45) is -2.03. The number of benzene rings is 2. The molecule has 0 saturated carbocycles. The standard InChI is InChI=1S/C17H20O4/c1-10-3-5-14(18)12(7-10)16(20)9-17(21)13-8-11(2)4-6-15(13)19/h3-8,16-21H,9H2,1-2H3. The summed E-state index contributed by atoms with van der Waals surface area (Å²) in [5.41, 5.74) is 2.58. The van der Waals surface area contributed by atoms with Gasteiger partial charge in [0.05, 0.1) is 12.2 Å². The largest absolute Gasteiger partial charge is 0.508 e. The van der Waals surface area contributed by atoms with Gasteiger partial charge in [-0.2, -0.15) is 0 Å². The number of hydrogen-bond donors (Lipinski definition) is 4. The molecule has 0 radical (unpaired) electrons. The quantitative estimate of drug-likeness (QED) is 0.697. The third-order valence-electron chi connectivity index (χ3n) is 3.53. The Balaban J connectivity index is 2.20. The van der Waals surface area contributed by atoms with Crippen molar-refractivity contribution in [3.05, 3.63) is 58.7 Å². The molecular weight excluding hydrogens is 268 g/mol. The minimum atomic E-state index is -1.01. The van der Waals surface area contributed by atoms with Gasteiger partial charge in [0.2, 0.25) is 0 Å². The molecule has 2 aromatic carbocycles. The molecule has 0 aliphatic heterocycles. The Labute approximate surface area is 123 Å². The highest BCUT2D eigenvalue weighted by molar-refractivity contribution is 5.39. The zero-order chi connectivity index (χ0) is 15.6. The van der Waals surface area contributed by atoms with Crippen LogP contribution in [0.4, 0.5) is 0 Å². The number of aliphatic hydroxyl groups excluding tert-OH is 2. The van der Waals surface area contributed by atoms with E-state index in [1.165, 1.54) is 12.1 Å². The van der Waals surface area contributed by atoms with Crippen molar-refractivity contribution >= 4 is 0 Å². The SMILES string of the molecule is Cc1ccc(O)c(C(O)CC(O)c2cc(C)ccc2O)c1. The second kappa shape index (κ2) is 6.16. The van der Waals surface area contributed by atoms with E-state index < -0.39 is 12.2 Å². The Morgan fingerprint density at radius 3 is 1.52 bits per heavy atom. The molecule has 0 amide bonds. The lowest BCUT2D eigenvalue weighted by Gasteiger charge is -2.18. The van der Waals surface area contributed by atoms with E-state index in [9.17, 15) is 20.4 Å². The van der Waals surface area contributed by atoms with Gasteiger partial charge in [-0.3, -0.25) is 0 Å². The third kappa shape index (κ3) is 3.54. The second-order valence-electron chi connectivity index (χ2n) is 5.39. The molecular formula is C17H20O4. The van der Waals surface area contributed by atoms with Crippen LogP contribution < -0.4 is 0 Å². The molecule has 2 atom stereocenters. The van der Waals surface area contributed by atoms with Crippen molar-refractivity contribution in [3.63, 3.8) is 0 Å². The predicted octanol–water partition coefficient (Wildman–Crippen LogP) is 2.87. The Morgan fingerprint density at radius 2 is 1.14 bits per heavy atom. The molecule has 2 unspecified atom stereocenters. The number of rotatable bonds is 4. The van der Waals surface area contributed by atoms with Gasteiger partial charge >= 0.3 is 0 Å². The smallest absolute Gasteiger partial charge is 0.121 e. The van der Waals surface area contributed by atoms with Crippen LogP contribution in [0.3, 0.4) is 0 Å². The van der Waals surface area contributed by atoms with Crippen LogP contribution in [-0.2, 0) is 0 Å². The summed E-state index contributed by atoms with van der Waals surface area (Å²) in [7, 11) is 0. The molecule has 112 valence electrons. The molecule has 0 fully saturated rings. The second-order valence-corrected chi connectivity index (χ2v) is 5.39. The van der Waals surface area contributed by atoms with Crippen molar-refractivity contribution in [2.24, 2.45) is 0 Å². The number of aromatic hydroxyl groups is 2. The molecule has 4 heteroatoms. The molecule has 0 aromatic heterocycles. The highest BCUT2D eigenvalue weighted by Crippen LogP contribution is 2.34. The lowest BCUT2D eigenvalue weighted by Crippen LogP contribution is -2.07. The molecule has 4 nitrogen and oxygen atoms in total. The fourth-order valence-electron chi connectivity index (χ4n) is 2.35. The van der Waals surface area contributed by atoms with Gasteiger partial charge in [-0.25, -0.2) is 0 Å². The van der Waals surface area contributed by atoms with E-state index in [2.05, 4.69) is 0 Å². The zero-order valence-corrected chi connectivity index (χ0v) is 12.1. The minimum absolute atomic E-state index is 0.00577. The fraction of sp³-hybridized carbons (Fsp3) is 0.294. The molecule has 0 bridgehead atoms. The van der Waals surface area contributed by atoms with Crippen LogP contribution >= 0.6 is 0 Å². The van der Waals surface area contributed by atoms with Crippen molar-refractivity contribution in [2.45, 2.75) is 32.5 Å². The van der Waals surface area contributed by atoms with Crippen LogP contribution in [0.25, 0.3) is 0 Å². The Kier molecular flexibility index (Phi) is 4.50. The maximum Gasteiger partial charge on any atom is 0.121 e. The summed E-state index contributed by atoms with van der Waals surface area (Å²) < 4.78 is 0. The van der Waals surface area contributed by atoms with E-state index in [1.807, 2.05) is 13.8 Å². The molecule has 21 heavy (non-hydrogen) atoms. The third-order valence-corrected chi connectivity index (χ3v) is 3.53. The summed E-state index contributed by atoms with van der Waals surface area (Å²) >= 11 is 0. The number of hydrogen-bond acceptors (Lipinski definition) is 4. The number of phenolic OH excluding ortho intramolecular Hbond substituents is 2. The summed E-state index contributed by atoms with van der Waals surface area (Å²) in [6.45, 7) is 3.72. The monoisotopic (exact) mass is 288 g/mol. The van der Waals surface area contributed by atoms with E-state index in [0.717, 1.165) is 11.1 Å². The number of aryl methyl sites for hydroxylation is 2. The van der Waals surface area contributed by atoms with Crippen molar-refractivity contribution < 1.29 is 20.4 Å². The lowest BCUT2D eigenvalue weighted by molar-refractivity contribution is 0.0776. The highest BCUT2D eigenvalue weighted by Gasteiger charge is 2.20. The Hall–Kier alpha value is -2.04. The van der Waals surface area contributed by atoms with E-state index in [4.69, 9.17) is 0 Å². The van der Waals surface area contributed by atoms with E-state index >= 15 is 0 Å². The number of phenols is 2. The van der Waals surface area contributed by atoms with Crippen molar-refractivity contribution in [3.8, 4) is 11.5 Å². The first-order valence-corrected chi connectivity index (χ1v) is 6.83. The first-order chi connectivity index (χ1) is 9.88. The molecule has 2 rings (SSSR count). The summed E-state index contributed by atoms with van der Waals surface area (Å²) in [5, 5.41) is 40.0. The van der Waals surface area contributed by atoms with Crippen LogP contribution in [0.5, 0.6) is 11.5 Å². The van der Waals surface area contributed by atoms with Gasteiger partial charge < -0.3 is 20.4 Å². The Morgan fingerprint density at radius 1 is 0.762 bits per heavy atom. The van der Waals surface area contributed by atoms with Crippen LogP contribution in [0, 0.1) is 13.8 Å². The molecule has 0 spiro atoms. The average Bonchev–Trinajstić information content (AvgIpc) is 2.43. The minimum Gasteiger partial charge on any atom is -0.508 e. The van der Waals surface area contributed by atoms with E-state index in [1.54, 1.807) is 24.3 Å². The average molecular weight is 288 g/mol. The fourth-order valence-corrected chi connectivity index (χ4v) is 2.35. The van der Waals surface area contributed by atoms with Crippen molar-refractivity contribution in [1.29, 1.82) is 0 Å². The Bertz CT molecular complexity index is 581. The first-order valence-electron chi connectivity index (χ1n) is 6.83. The first kappa shape index (κ1) is 15.4. The highest BCUT2D eigenvalue weighted by atomic mass is 16.3. The molecule has 0 heterocycles. The van der Waals surface area contributed by atoms with Gasteiger partial charge in [-0.15, -0.1) is 0 Å². The van der Waals surface area contributed by atoms with Gasteiger partial charge in [0, 0.05) is 17.5 Å².